The van der Waals surface area contributed by atoms with E-state index in [9.17, 15) is 10.2 Å². The summed E-state index contributed by atoms with van der Waals surface area (Å²) in [6.07, 6.45) is 3.80. The molecule has 0 aliphatic carbocycles. The molecule has 2 aromatic carbocycles. The summed E-state index contributed by atoms with van der Waals surface area (Å²) < 4.78 is 1.26. The second kappa shape index (κ2) is 5.59. The average molecular weight is 370 g/mol. The second-order valence-electron chi connectivity index (χ2n) is 3.76. The minimum Gasteiger partial charge on any atom is -0.508 e. The van der Waals surface area contributed by atoms with Gasteiger partial charge in [0.05, 0.1) is 8.95 Å². The molecule has 0 saturated heterocycles. The fourth-order valence-electron chi connectivity index (χ4n) is 1.50. The summed E-state index contributed by atoms with van der Waals surface area (Å²) in [5, 5.41) is 19.0. The molecular weight excluding hydrogens is 360 g/mol. The molecule has 2 nitrogen and oxygen atoms in total. The van der Waals surface area contributed by atoms with E-state index in [1.54, 1.807) is 18.2 Å². The topological polar surface area (TPSA) is 40.5 Å². The van der Waals surface area contributed by atoms with E-state index in [1.165, 1.54) is 0 Å². The summed E-state index contributed by atoms with van der Waals surface area (Å²) in [4.78, 5) is 0. The lowest BCUT2D eigenvalue weighted by Gasteiger charge is -2.02. The quantitative estimate of drug-likeness (QED) is 0.747. The molecule has 0 atom stereocenters. The van der Waals surface area contributed by atoms with Crippen molar-refractivity contribution in [2.24, 2.45) is 0 Å². The van der Waals surface area contributed by atoms with E-state index in [4.69, 9.17) is 0 Å². The molecule has 4 heteroatoms. The highest BCUT2D eigenvalue weighted by Gasteiger charge is 2.03. The molecule has 18 heavy (non-hydrogen) atoms. The van der Waals surface area contributed by atoms with Gasteiger partial charge in [-0.2, -0.15) is 0 Å². The van der Waals surface area contributed by atoms with Crippen molar-refractivity contribution in [3.8, 4) is 11.5 Å². The Morgan fingerprint density at radius 2 is 1.44 bits per heavy atom. The zero-order chi connectivity index (χ0) is 13.1. The van der Waals surface area contributed by atoms with Crippen LogP contribution in [0.1, 0.15) is 11.1 Å². The summed E-state index contributed by atoms with van der Waals surface area (Å²) in [6.45, 7) is 0. The third-order valence-corrected chi connectivity index (χ3v) is 3.59. The summed E-state index contributed by atoms with van der Waals surface area (Å²) in [5.74, 6) is 0.426. The Morgan fingerprint density at radius 3 is 2.06 bits per heavy atom. The number of halogens is 2. The number of phenolic OH excluding ortho intramolecular Hbond substituents is 2. The van der Waals surface area contributed by atoms with E-state index in [0.29, 0.717) is 8.95 Å². The molecule has 0 radical (unpaired) electrons. The molecule has 0 amide bonds. The Morgan fingerprint density at radius 1 is 0.833 bits per heavy atom. The van der Waals surface area contributed by atoms with E-state index in [1.807, 2.05) is 30.4 Å². The molecule has 2 N–H and O–H groups in total. The van der Waals surface area contributed by atoms with Crippen LogP contribution < -0.4 is 0 Å². The molecule has 0 bridgehead atoms. The number of rotatable bonds is 2. The molecule has 0 spiro atoms. The van der Waals surface area contributed by atoms with Gasteiger partial charge < -0.3 is 10.2 Å². The Hall–Kier alpha value is -1.26. The second-order valence-corrected chi connectivity index (χ2v) is 5.47. The number of aromatic hydroxyl groups is 2. The zero-order valence-corrected chi connectivity index (χ0v) is 12.4. The first-order valence-corrected chi connectivity index (χ1v) is 6.80. The predicted octanol–water partition coefficient (Wildman–Crippen LogP) is 4.79. The van der Waals surface area contributed by atoms with Crippen LogP contribution >= 0.6 is 31.9 Å². The summed E-state index contributed by atoms with van der Waals surface area (Å²) in [7, 11) is 0. The molecule has 2 rings (SSSR count). The van der Waals surface area contributed by atoms with Gasteiger partial charge in [0, 0.05) is 0 Å². The van der Waals surface area contributed by atoms with Crippen LogP contribution in [0.2, 0.25) is 0 Å². The highest BCUT2D eigenvalue weighted by Crippen LogP contribution is 2.33. The summed E-state index contributed by atoms with van der Waals surface area (Å²) in [6, 6.07) is 10.6. The van der Waals surface area contributed by atoms with Crippen LogP contribution in [0.5, 0.6) is 11.5 Å². The van der Waals surface area contributed by atoms with Gasteiger partial charge in [0.1, 0.15) is 11.5 Å². The normalized spacial score (nSPS) is 11.0. The Labute approximate surface area is 122 Å². The minimum atomic E-state index is 0.185. The van der Waals surface area contributed by atoms with Crippen molar-refractivity contribution in [2.45, 2.75) is 0 Å². The molecule has 2 aromatic rings. The van der Waals surface area contributed by atoms with Crippen molar-refractivity contribution in [1.82, 2.24) is 0 Å². The van der Waals surface area contributed by atoms with Crippen LogP contribution in [0.4, 0.5) is 0 Å². The van der Waals surface area contributed by atoms with E-state index in [2.05, 4.69) is 31.9 Å². The smallest absolute Gasteiger partial charge is 0.143 e. The van der Waals surface area contributed by atoms with E-state index in [-0.39, 0.29) is 11.5 Å². The first-order valence-electron chi connectivity index (χ1n) is 5.21. The van der Waals surface area contributed by atoms with Gasteiger partial charge in [0.2, 0.25) is 0 Å². The first-order chi connectivity index (χ1) is 8.56. The minimum absolute atomic E-state index is 0.185. The number of hydrogen-bond acceptors (Lipinski definition) is 2. The Balaban J connectivity index is 2.29. The predicted molar refractivity (Wildman–Crippen MR) is 80.5 cm³/mol. The van der Waals surface area contributed by atoms with Crippen LogP contribution in [0.3, 0.4) is 0 Å². The zero-order valence-electron chi connectivity index (χ0n) is 9.27. The average Bonchev–Trinajstić information content (AvgIpc) is 2.33. The molecular formula is C14H10Br2O2. The lowest BCUT2D eigenvalue weighted by atomic mass is 10.1. The van der Waals surface area contributed by atoms with Gasteiger partial charge >= 0.3 is 0 Å². The molecule has 0 aliphatic rings. The van der Waals surface area contributed by atoms with E-state index < -0.39 is 0 Å². The Bertz CT molecular complexity index is 583. The van der Waals surface area contributed by atoms with E-state index >= 15 is 0 Å². The molecule has 0 saturated carbocycles. The van der Waals surface area contributed by atoms with Gasteiger partial charge in [-0.25, -0.2) is 0 Å². The van der Waals surface area contributed by atoms with Gasteiger partial charge in [-0.1, -0.05) is 24.3 Å². The lowest BCUT2D eigenvalue weighted by Crippen LogP contribution is -1.77. The van der Waals surface area contributed by atoms with Crippen molar-refractivity contribution in [1.29, 1.82) is 0 Å². The third kappa shape index (κ3) is 3.15. The molecule has 0 aromatic heterocycles. The largest absolute Gasteiger partial charge is 0.508 e. The van der Waals surface area contributed by atoms with Crippen molar-refractivity contribution >= 4 is 44.0 Å². The Kier molecular flexibility index (Phi) is 4.09. The van der Waals surface area contributed by atoms with Crippen LogP contribution in [0, 0.1) is 0 Å². The number of phenols is 2. The van der Waals surface area contributed by atoms with Crippen LogP contribution in [-0.2, 0) is 0 Å². The van der Waals surface area contributed by atoms with Gasteiger partial charge in [0.15, 0.2) is 0 Å². The van der Waals surface area contributed by atoms with Crippen molar-refractivity contribution in [2.75, 3.05) is 0 Å². The first kappa shape index (κ1) is 13.2. The highest BCUT2D eigenvalue weighted by atomic mass is 79.9. The fraction of sp³-hybridized carbons (Fsp3) is 0. The van der Waals surface area contributed by atoms with Gasteiger partial charge in [-0.05, 0) is 67.3 Å². The van der Waals surface area contributed by atoms with Crippen molar-refractivity contribution < 1.29 is 10.2 Å². The standard InChI is InChI=1S/C14H10Br2O2/c15-12-7-10(8-13(16)14(12)18)5-4-9-2-1-3-11(17)6-9/h1-8,17-18H/b5-4+. The van der Waals surface area contributed by atoms with Crippen molar-refractivity contribution in [3.05, 3.63) is 56.5 Å². The van der Waals surface area contributed by atoms with Crippen LogP contribution in [-0.4, -0.2) is 10.2 Å². The maximum atomic E-state index is 9.60. The monoisotopic (exact) mass is 368 g/mol. The van der Waals surface area contributed by atoms with Gasteiger partial charge in [-0.3, -0.25) is 0 Å². The lowest BCUT2D eigenvalue weighted by molar-refractivity contribution is 0.468. The maximum Gasteiger partial charge on any atom is 0.143 e. The van der Waals surface area contributed by atoms with Gasteiger partial charge in [-0.15, -0.1) is 0 Å². The third-order valence-electron chi connectivity index (χ3n) is 2.38. The van der Waals surface area contributed by atoms with Crippen LogP contribution in [0.15, 0.2) is 45.3 Å². The summed E-state index contributed by atoms with van der Waals surface area (Å²) in [5.41, 5.74) is 1.85. The fourth-order valence-corrected chi connectivity index (χ4v) is 2.72. The number of hydrogen-bond donors (Lipinski definition) is 2. The van der Waals surface area contributed by atoms with Crippen molar-refractivity contribution in [3.63, 3.8) is 0 Å². The molecule has 0 fully saturated rings. The molecule has 92 valence electrons. The van der Waals surface area contributed by atoms with E-state index in [0.717, 1.165) is 11.1 Å². The van der Waals surface area contributed by atoms with Crippen LogP contribution in [0.25, 0.3) is 12.2 Å². The maximum absolute atomic E-state index is 9.60. The highest BCUT2D eigenvalue weighted by molar-refractivity contribution is 9.11. The SMILES string of the molecule is Oc1cccc(/C=C/c2cc(Br)c(O)c(Br)c2)c1. The molecule has 0 aliphatic heterocycles. The van der Waals surface area contributed by atoms with Gasteiger partial charge in [0.25, 0.3) is 0 Å². The summed E-state index contributed by atoms with van der Waals surface area (Å²) >= 11 is 6.56. The molecule has 0 unspecified atom stereocenters. The number of benzene rings is 2. The molecule has 0 heterocycles.